The number of carbonyl (C=O) groups excluding carboxylic acids is 2. The molecular weight excluding hydrogens is 400 g/mol. The van der Waals surface area contributed by atoms with Gasteiger partial charge in [-0.3, -0.25) is 4.79 Å². The summed E-state index contributed by atoms with van der Waals surface area (Å²) in [5, 5.41) is 6.05. The molecule has 1 aliphatic heterocycles. The average Bonchev–Trinajstić information content (AvgIpc) is 3.57. The summed E-state index contributed by atoms with van der Waals surface area (Å²) >= 11 is 0. The van der Waals surface area contributed by atoms with E-state index in [2.05, 4.69) is 5.10 Å². The van der Waals surface area contributed by atoms with Crippen LogP contribution in [-0.4, -0.2) is 29.2 Å². The Labute approximate surface area is 177 Å². The zero-order valence-electron chi connectivity index (χ0n) is 16.6. The Hall–Kier alpha value is -3.81. The van der Waals surface area contributed by atoms with Crippen molar-refractivity contribution in [2.75, 3.05) is 6.61 Å². The molecule has 8 heteroatoms. The van der Waals surface area contributed by atoms with Crippen LogP contribution in [0.1, 0.15) is 47.4 Å². The van der Waals surface area contributed by atoms with E-state index in [0.29, 0.717) is 5.76 Å². The fraction of sp³-hybridized carbons (Fsp3) is 0.261. The summed E-state index contributed by atoms with van der Waals surface area (Å²) in [6.45, 7) is -0.447. The molecule has 1 fully saturated rings. The normalized spacial score (nSPS) is 21.7. The van der Waals surface area contributed by atoms with Gasteiger partial charge in [-0.15, -0.1) is 0 Å². The first-order valence-electron chi connectivity index (χ1n) is 10.1. The second kappa shape index (κ2) is 8.14. The first-order valence-corrected chi connectivity index (χ1v) is 10.1. The summed E-state index contributed by atoms with van der Waals surface area (Å²) < 4.78 is 21.3. The van der Waals surface area contributed by atoms with Crippen molar-refractivity contribution >= 4 is 23.7 Å². The Morgan fingerprint density at radius 2 is 1.90 bits per heavy atom. The number of furan rings is 3. The summed E-state index contributed by atoms with van der Waals surface area (Å²) in [5.41, 5.74) is 1.88. The molecule has 0 spiro atoms. The van der Waals surface area contributed by atoms with Gasteiger partial charge in [0.25, 0.3) is 5.91 Å². The third kappa shape index (κ3) is 3.72. The van der Waals surface area contributed by atoms with E-state index in [1.54, 1.807) is 24.7 Å². The number of hydrogen-bond acceptors (Lipinski definition) is 7. The number of amides is 1. The van der Waals surface area contributed by atoms with Crippen molar-refractivity contribution in [1.29, 1.82) is 0 Å². The number of hydrogen-bond donors (Lipinski definition) is 0. The van der Waals surface area contributed by atoms with Gasteiger partial charge in [0.15, 0.2) is 6.61 Å². The molecule has 158 valence electrons. The Bertz CT molecular complexity index is 1110. The van der Waals surface area contributed by atoms with Crippen LogP contribution < -0.4 is 0 Å². The van der Waals surface area contributed by atoms with E-state index in [1.165, 1.54) is 17.3 Å². The van der Waals surface area contributed by atoms with Gasteiger partial charge in [-0.1, -0.05) is 0 Å². The second-order valence-electron chi connectivity index (χ2n) is 7.42. The van der Waals surface area contributed by atoms with Crippen LogP contribution in [0.3, 0.4) is 0 Å². The van der Waals surface area contributed by atoms with E-state index in [0.717, 1.165) is 36.3 Å². The third-order valence-corrected chi connectivity index (χ3v) is 5.50. The van der Waals surface area contributed by atoms with Gasteiger partial charge in [-0.2, -0.15) is 5.10 Å². The molecule has 0 bridgehead atoms. The number of esters is 1. The molecule has 2 atom stereocenters. The van der Waals surface area contributed by atoms with Crippen LogP contribution in [0.4, 0.5) is 0 Å². The largest absolute Gasteiger partial charge is 0.467 e. The molecule has 3 aromatic heterocycles. The number of rotatable bonds is 5. The molecule has 5 rings (SSSR count). The molecule has 0 radical (unpaired) electrons. The Morgan fingerprint density at radius 1 is 1.10 bits per heavy atom. The molecule has 0 aromatic carbocycles. The van der Waals surface area contributed by atoms with Gasteiger partial charge >= 0.3 is 5.97 Å². The highest BCUT2D eigenvalue weighted by Crippen LogP contribution is 2.44. The predicted octanol–water partition coefficient (Wildman–Crippen LogP) is 4.45. The Kier molecular flexibility index (Phi) is 5.03. The standard InChI is InChI=1S/C23H20N2O6/c26-20(14-31-23(27)19-9-4-12-30-19)25-22(18-8-3-11-29-18)17-7-1-5-15(21(17)24-25)13-16-6-2-10-28-16/h2-4,6,8-13,17,22H,1,5,7,14H2. The van der Waals surface area contributed by atoms with Crippen molar-refractivity contribution in [3.63, 3.8) is 0 Å². The second-order valence-corrected chi connectivity index (χ2v) is 7.42. The first-order chi connectivity index (χ1) is 15.2. The average molecular weight is 420 g/mol. The van der Waals surface area contributed by atoms with Crippen molar-refractivity contribution in [1.82, 2.24) is 5.01 Å². The number of ether oxygens (including phenoxy) is 1. The van der Waals surface area contributed by atoms with Crippen LogP contribution in [0.15, 0.2) is 79.1 Å². The van der Waals surface area contributed by atoms with Crippen molar-refractivity contribution in [3.8, 4) is 0 Å². The van der Waals surface area contributed by atoms with Crippen molar-refractivity contribution in [2.24, 2.45) is 11.0 Å². The molecular formula is C23H20N2O6. The van der Waals surface area contributed by atoms with Crippen LogP contribution in [0.5, 0.6) is 0 Å². The van der Waals surface area contributed by atoms with Gasteiger partial charge in [-0.25, -0.2) is 9.80 Å². The number of allylic oxidation sites excluding steroid dienone is 1. The topological polar surface area (TPSA) is 98.4 Å². The Morgan fingerprint density at radius 3 is 2.65 bits per heavy atom. The zero-order valence-corrected chi connectivity index (χ0v) is 16.6. The van der Waals surface area contributed by atoms with Crippen molar-refractivity contribution < 1.29 is 27.6 Å². The maximum atomic E-state index is 13.0. The van der Waals surface area contributed by atoms with E-state index in [9.17, 15) is 9.59 Å². The fourth-order valence-corrected chi connectivity index (χ4v) is 4.15. The summed E-state index contributed by atoms with van der Waals surface area (Å²) in [6, 6.07) is 10.0. The maximum Gasteiger partial charge on any atom is 0.374 e. The highest BCUT2D eigenvalue weighted by Gasteiger charge is 2.45. The Balaban J connectivity index is 1.41. The van der Waals surface area contributed by atoms with Crippen LogP contribution in [0.2, 0.25) is 0 Å². The van der Waals surface area contributed by atoms with Crippen molar-refractivity contribution in [3.05, 3.63) is 78.0 Å². The van der Waals surface area contributed by atoms with E-state index >= 15 is 0 Å². The molecule has 8 nitrogen and oxygen atoms in total. The van der Waals surface area contributed by atoms with Gasteiger partial charge < -0.3 is 18.0 Å². The SMILES string of the molecule is O=C(OCC(=O)N1N=C2C(=Cc3ccco3)CCCC2C1c1ccco1)c1ccco1. The summed E-state index contributed by atoms with van der Waals surface area (Å²) in [5.74, 6) is 0.293. The third-order valence-electron chi connectivity index (χ3n) is 5.50. The molecule has 31 heavy (non-hydrogen) atoms. The number of hydrazone groups is 1. The molecule has 1 amide bonds. The monoisotopic (exact) mass is 420 g/mol. The maximum absolute atomic E-state index is 13.0. The van der Waals surface area contributed by atoms with E-state index in [1.807, 2.05) is 24.3 Å². The molecule has 1 aliphatic carbocycles. The molecule has 2 aliphatic rings. The lowest BCUT2D eigenvalue weighted by Gasteiger charge is -2.27. The van der Waals surface area contributed by atoms with Gasteiger partial charge in [0.1, 0.15) is 17.6 Å². The number of carbonyl (C=O) groups is 2. The van der Waals surface area contributed by atoms with E-state index in [4.69, 9.17) is 18.0 Å². The molecule has 2 unspecified atom stereocenters. The van der Waals surface area contributed by atoms with Crippen LogP contribution in [0.25, 0.3) is 6.08 Å². The van der Waals surface area contributed by atoms with Crippen molar-refractivity contribution in [2.45, 2.75) is 25.3 Å². The minimum absolute atomic E-state index is 0.00848. The first kappa shape index (κ1) is 19.2. The quantitative estimate of drug-likeness (QED) is 0.566. The summed E-state index contributed by atoms with van der Waals surface area (Å²) in [7, 11) is 0. The molecule has 1 saturated carbocycles. The van der Waals surface area contributed by atoms with Crippen LogP contribution in [-0.2, 0) is 9.53 Å². The lowest BCUT2D eigenvalue weighted by Crippen LogP contribution is -2.34. The predicted molar refractivity (Wildman–Crippen MR) is 109 cm³/mol. The lowest BCUT2D eigenvalue weighted by molar-refractivity contribution is -0.137. The minimum Gasteiger partial charge on any atom is -0.467 e. The van der Waals surface area contributed by atoms with Crippen LogP contribution in [0, 0.1) is 5.92 Å². The van der Waals surface area contributed by atoms with Gasteiger partial charge in [-0.05, 0) is 67.3 Å². The van der Waals surface area contributed by atoms with Gasteiger partial charge in [0.05, 0.1) is 24.5 Å². The van der Waals surface area contributed by atoms with Gasteiger partial charge in [0, 0.05) is 5.92 Å². The molecule has 0 N–H and O–H groups in total. The highest BCUT2D eigenvalue weighted by atomic mass is 16.5. The zero-order chi connectivity index (χ0) is 21.2. The summed E-state index contributed by atoms with van der Waals surface area (Å²) in [4.78, 5) is 25.1. The number of fused-ring (bicyclic) bond motifs is 1. The smallest absolute Gasteiger partial charge is 0.374 e. The van der Waals surface area contributed by atoms with Gasteiger partial charge in [0.2, 0.25) is 5.76 Å². The van der Waals surface area contributed by atoms with Crippen LogP contribution >= 0.6 is 0 Å². The molecule has 4 heterocycles. The number of nitrogens with zero attached hydrogens (tertiary/aromatic N) is 2. The molecule has 0 saturated heterocycles. The summed E-state index contributed by atoms with van der Waals surface area (Å²) in [6.07, 6.45) is 9.22. The van der Waals surface area contributed by atoms with E-state index < -0.39 is 18.5 Å². The fourth-order valence-electron chi connectivity index (χ4n) is 4.15. The minimum atomic E-state index is -0.699. The lowest BCUT2D eigenvalue weighted by atomic mass is 9.79. The van der Waals surface area contributed by atoms with E-state index in [-0.39, 0.29) is 17.7 Å². The highest BCUT2D eigenvalue weighted by molar-refractivity contribution is 6.08. The molecule has 3 aromatic rings.